The summed E-state index contributed by atoms with van der Waals surface area (Å²) in [4.78, 5) is 0. The molecule has 0 saturated heterocycles. The molecule has 1 fully saturated rings. The molecule has 0 bridgehead atoms. The SMILES string of the molecule is Clc1ccc(NCC2CCCC2)c(Br)c1. The third-order valence-corrected chi connectivity index (χ3v) is 3.88. The molecule has 1 aromatic rings. The molecule has 3 heteroatoms. The fraction of sp³-hybridized carbons (Fsp3) is 0.500. The maximum atomic E-state index is 5.89. The van der Waals surface area contributed by atoms with Crippen molar-refractivity contribution in [2.75, 3.05) is 11.9 Å². The van der Waals surface area contributed by atoms with Gasteiger partial charge in [-0.3, -0.25) is 0 Å². The first-order chi connectivity index (χ1) is 7.25. The lowest BCUT2D eigenvalue weighted by Crippen LogP contribution is -2.11. The molecule has 1 aromatic carbocycles. The predicted octanol–water partition coefficient (Wildman–Crippen LogP) is 4.70. The molecule has 0 aliphatic heterocycles. The van der Waals surface area contributed by atoms with E-state index in [2.05, 4.69) is 21.2 Å². The van der Waals surface area contributed by atoms with Crippen LogP contribution in [-0.4, -0.2) is 6.54 Å². The van der Waals surface area contributed by atoms with Crippen LogP contribution in [0.1, 0.15) is 25.7 Å². The maximum absolute atomic E-state index is 5.89. The van der Waals surface area contributed by atoms with E-state index in [1.807, 2.05) is 18.2 Å². The molecule has 0 amide bonds. The second kappa shape index (κ2) is 5.22. The van der Waals surface area contributed by atoms with Crippen LogP contribution in [-0.2, 0) is 0 Å². The van der Waals surface area contributed by atoms with Crippen molar-refractivity contribution in [2.45, 2.75) is 25.7 Å². The molecule has 0 atom stereocenters. The molecular formula is C12H15BrClN. The van der Waals surface area contributed by atoms with E-state index in [1.54, 1.807) is 0 Å². The average molecular weight is 289 g/mol. The van der Waals surface area contributed by atoms with Gasteiger partial charge in [-0.2, -0.15) is 0 Å². The Morgan fingerprint density at radius 3 is 2.73 bits per heavy atom. The van der Waals surface area contributed by atoms with Crippen LogP contribution >= 0.6 is 27.5 Å². The van der Waals surface area contributed by atoms with E-state index in [1.165, 1.54) is 25.7 Å². The highest BCUT2D eigenvalue weighted by atomic mass is 79.9. The first-order valence-corrected chi connectivity index (χ1v) is 6.62. The number of hydrogen-bond donors (Lipinski definition) is 1. The summed E-state index contributed by atoms with van der Waals surface area (Å²) in [6, 6.07) is 5.88. The summed E-state index contributed by atoms with van der Waals surface area (Å²) in [6.07, 6.45) is 5.54. The van der Waals surface area contributed by atoms with Crippen molar-refractivity contribution in [2.24, 2.45) is 5.92 Å². The average Bonchev–Trinajstić information content (AvgIpc) is 2.69. The summed E-state index contributed by atoms with van der Waals surface area (Å²) in [7, 11) is 0. The Bertz CT molecular complexity index is 334. The Morgan fingerprint density at radius 2 is 2.07 bits per heavy atom. The lowest BCUT2D eigenvalue weighted by molar-refractivity contribution is 0.580. The van der Waals surface area contributed by atoms with E-state index in [-0.39, 0.29) is 0 Å². The van der Waals surface area contributed by atoms with Crippen molar-refractivity contribution in [1.82, 2.24) is 0 Å². The summed E-state index contributed by atoms with van der Waals surface area (Å²) < 4.78 is 1.05. The molecule has 1 aliphatic rings. The Hall–Kier alpha value is -0.210. The van der Waals surface area contributed by atoms with Gasteiger partial charge in [0, 0.05) is 21.7 Å². The second-order valence-electron chi connectivity index (χ2n) is 4.16. The van der Waals surface area contributed by atoms with Crippen LogP contribution in [0.3, 0.4) is 0 Å². The molecule has 0 aromatic heterocycles. The highest BCUT2D eigenvalue weighted by Crippen LogP contribution is 2.28. The van der Waals surface area contributed by atoms with Crippen molar-refractivity contribution in [1.29, 1.82) is 0 Å². The standard InChI is InChI=1S/C12H15BrClN/c13-11-7-10(14)5-6-12(11)15-8-9-3-1-2-4-9/h5-7,9,15H,1-4,8H2. The van der Waals surface area contributed by atoms with E-state index >= 15 is 0 Å². The molecule has 0 radical (unpaired) electrons. The molecular weight excluding hydrogens is 273 g/mol. The minimum absolute atomic E-state index is 0.772. The quantitative estimate of drug-likeness (QED) is 0.850. The van der Waals surface area contributed by atoms with E-state index < -0.39 is 0 Å². The molecule has 82 valence electrons. The first kappa shape index (κ1) is 11.3. The van der Waals surface area contributed by atoms with Crippen LogP contribution in [0.15, 0.2) is 22.7 Å². The van der Waals surface area contributed by atoms with Gasteiger partial charge in [-0.15, -0.1) is 0 Å². The van der Waals surface area contributed by atoms with Gasteiger partial charge >= 0.3 is 0 Å². The molecule has 2 rings (SSSR count). The molecule has 1 nitrogen and oxygen atoms in total. The molecule has 1 aliphatic carbocycles. The largest absolute Gasteiger partial charge is 0.384 e. The number of nitrogens with one attached hydrogen (secondary N) is 1. The van der Waals surface area contributed by atoms with Gasteiger partial charge in [-0.25, -0.2) is 0 Å². The minimum atomic E-state index is 0.772. The maximum Gasteiger partial charge on any atom is 0.0485 e. The molecule has 0 spiro atoms. The fourth-order valence-electron chi connectivity index (χ4n) is 2.10. The van der Waals surface area contributed by atoms with Crippen LogP contribution in [0.5, 0.6) is 0 Å². The topological polar surface area (TPSA) is 12.0 Å². The summed E-state index contributed by atoms with van der Waals surface area (Å²) in [6.45, 7) is 1.08. The molecule has 15 heavy (non-hydrogen) atoms. The predicted molar refractivity (Wildman–Crippen MR) is 69.6 cm³/mol. The van der Waals surface area contributed by atoms with E-state index in [9.17, 15) is 0 Å². The van der Waals surface area contributed by atoms with Crippen LogP contribution in [0.4, 0.5) is 5.69 Å². The molecule has 1 saturated carbocycles. The van der Waals surface area contributed by atoms with Gasteiger partial charge in [0.2, 0.25) is 0 Å². The monoisotopic (exact) mass is 287 g/mol. The highest BCUT2D eigenvalue weighted by Gasteiger charge is 2.14. The van der Waals surface area contributed by atoms with Gasteiger partial charge in [0.15, 0.2) is 0 Å². The summed E-state index contributed by atoms with van der Waals surface area (Å²) in [5.74, 6) is 0.854. The smallest absolute Gasteiger partial charge is 0.0485 e. The number of benzene rings is 1. The number of hydrogen-bond acceptors (Lipinski definition) is 1. The lowest BCUT2D eigenvalue weighted by atomic mass is 10.1. The number of anilines is 1. The van der Waals surface area contributed by atoms with Gasteiger partial charge in [0.05, 0.1) is 0 Å². The van der Waals surface area contributed by atoms with Gasteiger partial charge in [-0.05, 0) is 52.9 Å². The molecule has 1 N–H and O–H groups in total. The Morgan fingerprint density at radius 1 is 1.33 bits per heavy atom. The fourth-order valence-corrected chi connectivity index (χ4v) is 2.92. The minimum Gasteiger partial charge on any atom is -0.384 e. The van der Waals surface area contributed by atoms with Gasteiger partial charge in [0.1, 0.15) is 0 Å². The van der Waals surface area contributed by atoms with Crippen LogP contribution in [0, 0.1) is 5.92 Å². The Balaban J connectivity index is 1.92. The van der Waals surface area contributed by atoms with Gasteiger partial charge in [-0.1, -0.05) is 24.4 Å². The normalized spacial score (nSPS) is 16.9. The third-order valence-electron chi connectivity index (χ3n) is 2.99. The van der Waals surface area contributed by atoms with Crippen molar-refractivity contribution in [3.05, 3.63) is 27.7 Å². The van der Waals surface area contributed by atoms with E-state index in [4.69, 9.17) is 11.6 Å². The van der Waals surface area contributed by atoms with Crippen molar-refractivity contribution in [3.63, 3.8) is 0 Å². The second-order valence-corrected chi connectivity index (χ2v) is 5.45. The number of halogens is 2. The van der Waals surface area contributed by atoms with Crippen molar-refractivity contribution >= 4 is 33.2 Å². The highest BCUT2D eigenvalue weighted by molar-refractivity contribution is 9.10. The Kier molecular flexibility index (Phi) is 3.92. The van der Waals surface area contributed by atoms with Gasteiger partial charge < -0.3 is 5.32 Å². The van der Waals surface area contributed by atoms with Gasteiger partial charge in [0.25, 0.3) is 0 Å². The van der Waals surface area contributed by atoms with E-state index in [0.717, 1.165) is 27.6 Å². The van der Waals surface area contributed by atoms with Crippen LogP contribution < -0.4 is 5.32 Å². The zero-order valence-electron chi connectivity index (χ0n) is 8.60. The zero-order chi connectivity index (χ0) is 10.7. The molecule has 0 heterocycles. The summed E-state index contributed by atoms with van der Waals surface area (Å²) >= 11 is 9.40. The first-order valence-electron chi connectivity index (χ1n) is 5.44. The lowest BCUT2D eigenvalue weighted by Gasteiger charge is -2.13. The van der Waals surface area contributed by atoms with Crippen LogP contribution in [0.2, 0.25) is 5.02 Å². The third kappa shape index (κ3) is 3.12. The van der Waals surface area contributed by atoms with Crippen molar-refractivity contribution < 1.29 is 0 Å². The number of rotatable bonds is 3. The zero-order valence-corrected chi connectivity index (χ0v) is 10.9. The van der Waals surface area contributed by atoms with Crippen molar-refractivity contribution in [3.8, 4) is 0 Å². The van der Waals surface area contributed by atoms with E-state index in [0.29, 0.717) is 0 Å². The Labute approximate surface area is 104 Å². The summed E-state index contributed by atoms with van der Waals surface area (Å²) in [5.41, 5.74) is 1.14. The van der Waals surface area contributed by atoms with Crippen LogP contribution in [0.25, 0.3) is 0 Å². The molecule has 0 unspecified atom stereocenters. The summed E-state index contributed by atoms with van der Waals surface area (Å²) in [5, 5.41) is 4.25.